The monoisotopic (exact) mass is 671 g/mol. The van der Waals surface area contributed by atoms with E-state index >= 15 is 0 Å². The maximum absolute atomic E-state index is 13.9. The summed E-state index contributed by atoms with van der Waals surface area (Å²) in [5, 5.41) is 8.10. The quantitative estimate of drug-likeness (QED) is 0.190. The first-order chi connectivity index (χ1) is 22.6. The van der Waals surface area contributed by atoms with E-state index in [9.17, 15) is 27.6 Å². The number of alkyl halides is 3. The summed E-state index contributed by atoms with van der Waals surface area (Å²) in [6.45, 7) is 9.22. The molecule has 1 aromatic heterocycles. The van der Waals surface area contributed by atoms with Gasteiger partial charge in [-0.25, -0.2) is 14.6 Å². The number of hydrogen-bond donors (Lipinski definition) is 3. The summed E-state index contributed by atoms with van der Waals surface area (Å²) in [6, 6.07) is 10.1. The van der Waals surface area contributed by atoms with Crippen LogP contribution in [0.2, 0.25) is 0 Å². The second-order valence-corrected chi connectivity index (χ2v) is 11.5. The fourth-order valence-electron chi connectivity index (χ4n) is 4.74. The molecule has 1 saturated heterocycles. The Kier molecular flexibility index (Phi) is 10.7. The summed E-state index contributed by atoms with van der Waals surface area (Å²) in [4.78, 5) is 48.3. The molecule has 0 radical (unpaired) electrons. The Balaban J connectivity index is 1.57. The van der Waals surface area contributed by atoms with E-state index in [1.54, 1.807) is 51.1 Å². The smallest absolute Gasteiger partial charge is 0.421 e. The minimum absolute atomic E-state index is 0.108. The van der Waals surface area contributed by atoms with Gasteiger partial charge >= 0.3 is 18.2 Å². The van der Waals surface area contributed by atoms with Gasteiger partial charge in [-0.2, -0.15) is 18.2 Å². The third-order valence-corrected chi connectivity index (χ3v) is 6.95. The normalized spacial score (nSPS) is 14.9. The molecule has 48 heavy (non-hydrogen) atoms. The zero-order valence-corrected chi connectivity index (χ0v) is 27.0. The summed E-state index contributed by atoms with van der Waals surface area (Å²) < 4.78 is 57.7. The van der Waals surface area contributed by atoms with Crippen LogP contribution in [0.3, 0.4) is 0 Å². The third kappa shape index (κ3) is 8.83. The van der Waals surface area contributed by atoms with Crippen molar-refractivity contribution in [2.45, 2.75) is 38.6 Å². The highest BCUT2D eigenvalue weighted by atomic mass is 19.4. The number of carbonyl (C=O) groups excluding carboxylic acids is 3. The molecule has 2 amide bonds. The Hall–Kier alpha value is -5.54. The van der Waals surface area contributed by atoms with E-state index in [4.69, 9.17) is 14.2 Å². The minimum Gasteiger partial charge on any atom is -0.494 e. The predicted molar refractivity (Wildman–Crippen MR) is 173 cm³/mol. The van der Waals surface area contributed by atoms with Crippen LogP contribution in [0, 0.1) is 0 Å². The predicted octanol–water partition coefficient (Wildman–Crippen LogP) is 5.71. The molecule has 3 aromatic rings. The van der Waals surface area contributed by atoms with Gasteiger partial charge in [-0.05, 0) is 57.2 Å². The van der Waals surface area contributed by atoms with Gasteiger partial charge in [0.2, 0.25) is 11.9 Å². The van der Waals surface area contributed by atoms with E-state index in [0.717, 1.165) is 6.08 Å². The molecule has 2 aromatic carbocycles. The number of ether oxygens (including phenoxy) is 3. The molecule has 0 spiro atoms. The number of nitrogens with one attached hydrogen (secondary N) is 3. The molecular weight excluding hydrogens is 635 g/mol. The topological polar surface area (TPSA) is 147 Å². The Bertz CT molecular complexity index is 1680. The van der Waals surface area contributed by atoms with Gasteiger partial charge in [-0.1, -0.05) is 12.6 Å². The Morgan fingerprint density at radius 1 is 1.02 bits per heavy atom. The number of amides is 2. The lowest BCUT2D eigenvalue weighted by Gasteiger charge is -2.41. The van der Waals surface area contributed by atoms with Gasteiger partial charge in [0.15, 0.2) is 6.04 Å². The number of aromatic nitrogens is 2. The zero-order valence-electron chi connectivity index (χ0n) is 27.0. The molecule has 1 aliphatic heterocycles. The maximum atomic E-state index is 13.9. The largest absolute Gasteiger partial charge is 0.494 e. The van der Waals surface area contributed by atoms with Crippen LogP contribution in [0.15, 0.2) is 61.3 Å². The number of nitrogens with zero attached hydrogens (tertiary/aromatic N) is 4. The highest BCUT2D eigenvalue weighted by Gasteiger charge is 2.39. The van der Waals surface area contributed by atoms with Crippen molar-refractivity contribution in [1.29, 1.82) is 0 Å². The summed E-state index contributed by atoms with van der Waals surface area (Å²) in [7, 11) is 2.66. The number of piperazine rings is 1. The number of benzene rings is 2. The van der Waals surface area contributed by atoms with Crippen molar-refractivity contribution in [3.63, 3.8) is 0 Å². The Morgan fingerprint density at radius 3 is 2.40 bits per heavy atom. The molecular formula is C32H36F3N7O6. The van der Waals surface area contributed by atoms with Crippen LogP contribution in [0.25, 0.3) is 0 Å². The van der Waals surface area contributed by atoms with Crippen LogP contribution in [0.5, 0.6) is 5.75 Å². The number of anilines is 6. The van der Waals surface area contributed by atoms with Gasteiger partial charge in [-0.15, -0.1) is 0 Å². The van der Waals surface area contributed by atoms with Crippen LogP contribution in [0.1, 0.15) is 26.3 Å². The van der Waals surface area contributed by atoms with Crippen molar-refractivity contribution < 1.29 is 41.8 Å². The number of rotatable bonds is 9. The fraction of sp³-hybridized carbons (Fsp3) is 0.344. The first kappa shape index (κ1) is 35.3. The third-order valence-electron chi connectivity index (χ3n) is 6.95. The molecule has 13 nitrogen and oxygen atoms in total. The molecule has 0 unspecified atom stereocenters. The van der Waals surface area contributed by atoms with Gasteiger partial charge in [0.1, 0.15) is 22.7 Å². The molecule has 3 N–H and O–H groups in total. The lowest BCUT2D eigenvalue weighted by molar-refractivity contribution is -0.147. The van der Waals surface area contributed by atoms with Gasteiger partial charge < -0.3 is 35.1 Å². The zero-order chi connectivity index (χ0) is 35.2. The highest BCUT2D eigenvalue weighted by Crippen LogP contribution is 2.37. The van der Waals surface area contributed by atoms with Crippen LogP contribution < -0.4 is 25.6 Å². The molecule has 256 valence electrons. The van der Waals surface area contributed by atoms with Crippen molar-refractivity contribution >= 4 is 52.5 Å². The molecule has 1 atom stereocenters. The molecule has 16 heteroatoms. The van der Waals surface area contributed by atoms with Crippen molar-refractivity contribution in [3.05, 3.63) is 66.9 Å². The van der Waals surface area contributed by atoms with Crippen molar-refractivity contribution in [3.8, 4) is 5.75 Å². The van der Waals surface area contributed by atoms with Gasteiger partial charge in [0.05, 0.1) is 19.9 Å². The average molecular weight is 672 g/mol. The lowest BCUT2D eigenvalue weighted by Crippen LogP contribution is -2.59. The average Bonchev–Trinajstić information content (AvgIpc) is 3.03. The second kappa shape index (κ2) is 14.5. The van der Waals surface area contributed by atoms with Gasteiger partial charge in [0, 0.05) is 49.0 Å². The van der Waals surface area contributed by atoms with Crippen LogP contribution >= 0.6 is 0 Å². The maximum Gasteiger partial charge on any atom is 0.421 e. The lowest BCUT2D eigenvalue weighted by atomic mass is 10.1. The second-order valence-electron chi connectivity index (χ2n) is 11.5. The molecule has 1 aliphatic rings. The first-order valence-corrected chi connectivity index (χ1v) is 14.6. The van der Waals surface area contributed by atoms with Crippen molar-refractivity contribution in [2.75, 3.05) is 54.7 Å². The SMILES string of the molecule is C=CC(=O)Nc1cccc(Nc2nc(Nc3ccc(N4CCN(C(=O)OC(C)(C)C)[C@H](C(=O)OC)C4)cc3OC)ncc2C(F)(F)F)c1. The van der Waals surface area contributed by atoms with E-state index in [1.807, 2.05) is 4.90 Å². The van der Waals surface area contributed by atoms with Gasteiger partial charge in [0.25, 0.3) is 0 Å². The van der Waals surface area contributed by atoms with E-state index < -0.39 is 47.2 Å². The molecule has 0 bridgehead atoms. The number of hydrogen-bond acceptors (Lipinski definition) is 11. The number of carbonyl (C=O) groups is 3. The first-order valence-electron chi connectivity index (χ1n) is 14.6. The van der Waals surface area contributed by atoms with Crippen LogP contribution in [0.4, 0.5) is 52.5 Å². The van der Waals surface area contributed by atoms with Crippen LogP contribution in [-0.4, -0.2) is 78.3 Å². The highest BCUT2D eigenvalue weighted by molar-refractivity contribution is 5.99. The Labute approximate surface area is 275 Å². The van der Waals surface area contributed by atoms with Gasteiger partial charge in [-0.3, -0.25) is 9.69 Å². The molecule has 0 saturated carbocycles. The number of esters is 1. The molecule has 1 fully saturated rings. The van der Waals surface area contributed by atoms with E-state index in [-0.39, 0.29) is 24.7 Å². The fourth-order valence-corrected chi connectivity index (χ4v) is 4.74. The molecule has 0 aliphatic carbocycles. The van der Waals surface area contributed by atoms with Crippen LogP contribution in [-0.2, 0) is 25.2 Å². The summed E-state index contributed by atoms with van der Waals surface area (Å²) in [6.07, 6.45) is -3.69. The Morgan fingerprint density at radius 2 is 1.75 bits per heavy atom. The van der Waals surface area contributed by atoms with E-state index in [1.165, 1.54) is 31.3 Å². The standard InChI is InChI=1S/C32H36F3N7O6/c1-7-26(43)37-19-9-8-10-20(15-19)38-27-22(32(33,34)35)17-36-29(40-27)39-23-12-11-21(16-25(23)46-5)41-13-14-42(24(18-41)28(44)47-6)30(45)48-31(2,3)4/h7-12,15-17,24H,1,13-14,18H2,2-6H3,(H,37,43)(H2,36,38,39,40)/t24-/m0/s1. The van der Waals surface area contributed by atoms with E-state index in [2.05, 4.69) is 32.5 Å². The number of methoxy groups -OCH3 is 2. The summed E-state index contributed by atoms with van der Waals surface area (Å²) >= 11 is 0. The van der Waals surface area contributed by atoms with Crippen molar-refractivity contribution in [2.24, 2.45) is 0 Å². The van der Waals surface area contributed by atoms with E-state index in [0.29, 0.717) is 35.6 Å². The summed E-state index contributed by atoms with van der Waals surface area (Å²) in [5.41, 5.74) is -0.312. The van der Waals surface area contributed by atoms with Crippen molar-refractivity contribution in [1.82, 2.24) is 14.9 Å². The number of halogens is 3. The molecule has 4 rings (SSSR count). The molecule has 2 heterocycles. The summed E-state index contributed by atoms with van der Waals surface area (Å²) in [5.74, 6) is -1.47. The minimum atomic E-state index is -4.77.